The second kappa shape index (κ2) is 5.86. The molecule has 0 unspecified atom stereocenters. The predicted octanol–water partition coefficient (Wildman–Crippen LogP) is 5.44. The number of para-hydroxylation sites is 1. The molecule has 0 radical (unpaired) electrons. The van der Waals surface area contributed by atoms with Crippen molar-refractivity contribution in [3.05, 3.63) is 81.4 Å². The number of rotatable bonds is 2. The van der Waals surface area contributed by atoms with E-state index in [1.807, 2.05) is 12.2 Å². The highest BCUT2D eigenvalue weighted by atomic mass is 19.4. The molecule has 1 aliphatic heterocycles. The number of hydrogen-bond donors (Lipinski definition) is 1. The van der Waals surface area contributed by atoms with Crippen molar-refractivity contribution in [3.63, 3.8) is 0 Å². The molecule has 2 aromatic carbocycles. The Morgan fingerprint density at radius 2 is 1.85 bits per heavy atom. The lowest BCUT2D eigenvalue weighted by atomic mass is 9.76. The smallest absolute Gasteiger partial charge is 0.377 e. The molecule has 2 aromatic rings. The van der Waals surface area contributed by atoms with Gasteiger partial charge < -0.3 is 5.32 Å². The number of hydrogen-bond acceptors (Lipinski definition) is 3. The number of nitrogens with zero attached hydrogens (tertiary/aromatic N) is 1. The highest BCUT2D eigenvalue weighted by Gasteiger charge is 2.42. The molecule has 2 aliphatic rings. The number of nitrogens with one attached hydrogen (secondary N) is 1. The van der Waals surface area contributed by atoms with Crippen LogP contribution in [0.25, 0.3) is 0 Å². The monoisotopic (exact) mass is 360 g/mol. The van der Waals surface area contributed by atoms with Crippen LogP contribution in [0.3, 0.4) is 0 Å². The average Bonchev–Trinajstić information content (AvgIpc) is 3.09. The summed E-state index contributed by atoms with van der Waals surface area (Å²) in [4.78, 5) is 10.4. The third-order valence-corrected chi connectivity index (χ3v) is 5.17. The van der Waals surface area contributed by atoms with Gasteiger partial charge in [-0.2, -0.15) is 13.2 Å². The van der Waals surface area contributed by atoms with Gasteiger partial charge in [-0.1, -0.05) is 36.4 Å². The molecule has 0 amide bonds. The van der Waals surface area contributed by atoms with Gasteiger partial charge in [0.05, 0.1) is 22.2 Å². The molecule has 3 atom stereocenters. The highest BCUT2D eigenvalue weighted by molar-refractivity contribution is 5.65. The Labute approximate surface area is 147 Å². The summed E-state index contributed by atoms with van der Waals surface area (Å²) >= 11 is 0. The molecule has 4 nitrogen and oxygen atoms in total. The van der Waals surface area contributed by atoms with E-state index in [0.29, 0.717) is 5.56 Å². The van der Waals surface area contributed by atoms with Crippen molar-refractivity contribution in [2.45, 2.75) is 24.6 Å². The van der Waals surface area contributed by atoms with Crippen molar-refractivity contribution >= 4 is 11.4 Å². The summed E-state index contributed by atoms with van der Waals surface area (Å²) in [6, 6.07) is 9.93. The first-order valence-corrected chi connectivity index (χ1v) is 8.24. The van der Waals surface area contributed by atoms with Crippen LogP contribution in [-0.2, 0) is 6.18 Å². The van der Waals surface area contributed by atoms with Gasteiger partial charge in [-0.15, -0.1) is 0 Å². The van der Waals surface area contributed by atoms with Crippen LogP contribution in [-0.4, -0.2) is 4.92 Å². The Bertz CT molecular complexity index is 891. The zero-order valence-electron chi connectivity index (χ0n) is 13.5. The summed E-state index contributed by atoms with van der Waals surface area (Å²) in [6.45, 7) is 0. The van der Waals surface area contributed by atoms with Gasteiger partial charge in [0.2, 0.25) is 0 Å². The summed E-state index contributed by atoms with van der Waals surface area (Å²) in [7, 11) is 0. The summed E-state index contributed by atoms with van der Waals surface area (Å²) in [5.74, 6) is -0.0267. The molecule has 1 aliphatic carbocycles. The van der Waals surface area contributed by atoms with Gasteiger partial charge in [-0.3, -0.25) is 10.1 Å². The number of benzene rings is 2. The van der Waals surface area contributed by atoms with Gasteiger partial charge >= 0.3 is 6.18 Å². The molecular weight excluding hydrogens is 345 g/mol. The fourth-order valence-electron chi connectivity index (χ4n) is 3.99. The first-order valence-electron chi connectivity index (χ1n) is 8.24. The minimum absolute atomic E-state index is 0.0398. The van der Waals surface area contributed by atoms with Gasteiger partial charge in [0.1, 0.15) is 0 Å². The van der Waals surface area contributed by atoms with Gasteiger partial charge in [0.25, 0.3) is 5.69 Å². The van der Waals surface area contributed by atoms with E-state index in [2.05, 4.69) is 5.32 Å². The van der Waals surface area contributed by atoms with Crippen LogP contribution >= 0.6 is 0 Å². The number of alkyl halides is 3. The van der Waals surface area contributed by atoms with Crippen LogP contribution in [0.15, 0.2) is 54.6 Å². The minimum atomic E-state index is -4.45. The van der Waals surface area contributed by atoms with E-state index in [4.69, 9.17) is 0 Å². The maximum Gasteiger partial charge on any atom is 0.418 e. The van der Waals surface area contributed by atoms with Crippen LogP contribution in [0.1, 0.15) is 35.1 Å². The predicted molar refractivity (Wildman–Crippen MR) is 90.9 cm³/mol. The molecule has 0 fully saturated rings. The number of nitro groups is 1. The summed E-state index contributed by atoms with van der Waals surface area (Å²) in [6.07, 6.45) is 0.246. The third kappa shape index (κ3) is 2.64. The largest absolute Gasteiger partial charge is 0.418 e. The lowest BCUT2D eigenvalue weighted by molar-refractivity contribution is -0.384. The first kappa shape index (κ1) is 16.6. The lowest BCUT2D eigenvalue weighted by Crippen LogP contribution is -2.30. The Kier molecular flexibility index (Phi) is 3.75. The van der Waals surface area contributed by atoms with Crippen molar-refractivity contribution in [2.75, 3.05) is 5.32 Å². The second-order valence-electron chi connectivity index (χ2n) is 6.59. The Morgan fingerprint density at radius 1 is 1.12 bits per heavy atom. The van der Waals surface area contributed by atoms with Gasteiger partial charge in [-0.05, 0) is 29.5 Å². The molecule has 4 rings (SSSR count). The second-order valence-corrected chi connectivity index (χ2v) is 6.59. The lowest BCUT2D eigenvalue weighted by Gasteiger charge is -2.38. The third-order valence-electron chi connectivity index (χ3n) is 5.17. The molecule has 0 bridgehead atoms. The van der Waals surface area contributed by atoms with Crippen molar-refractivity contribution in [1.82, 2.24) is 0 Å². The van der Waals surface area contributed by atoms with Gasteiger partial charge in [0.15, 0.2) is 0 Å². The van der Waals surface area contributed by atoms with Crippen molar-refractivity contribution in [1.29, 1.82) is 0 Å². The van der Waals surface area contributed by atoms with Gasteiger partial charge in [0, 0.05) is 18.1 Å². The number of fused-ring (bicyclic) bond motifs is 3. The molecule has 0 saturated heterocycles. The maximum atomic E-state index is 13.5. The zero-order chi connectivity index (χ0) is 18.5. The molecule has 0 saturated carbocycles. The van der Waals surface area contributed by atoms with Crippen molar-refractivity contribution < 1.29 is 18.1 Å². The van der Waals surface area contributed by atoms with E-state index in [9.17, 15) is 23.3 Å². The number of allylic oxidation sites excluding steroid dienone is 2. The highest BCUT2D eigenvalue weighted by Crippen LogP contribution is 2.52. The van der Waals surface area contributed by atoms with E-state index >= 15 is 0 Å². The fourth-order valence-corrected chi connectivity index (χ4v) is 3.99. The maximum absolute atomic E-state index is 13.5. The Hall–Kier alpha value is -2.83. The molecule has 1 heterocycles. The fraction of sp³-hybridized carbons (Fsp3) is 0.263. The molecule has 7 heteroatoms. The van der Waals surface area contributed by atoms with E-state index < -0.39 is 16.7 Å². The quantitative estimate of drug-likeness (QED) is 0.441. The van der Waals surface area contributed by atoms with Crippen LogP contribution in [0.5, 0.6) is 0 Å². The van der Waals surface area contributed by atoms with E-state index in [1.54, 1.807) is 18.2 Å². The Balaban J connectivity index is 1.79. The SMILES string of the molecule is O=[N+]([O-])c1ccc([C@H]2Nc3c(cccc3C(F)(F)F)[C@H]3C=CC[C@H]32)cc1. The molecule has 134 valence electrons. The van der Waals surface area contributed by atoms with E-state index in [-0.39, 0.29) is 29.3 Å². The van der Waals surface area contributed by atoms with Crippen LogP contribution in [0, 0.1) is 16.0 Å². The zero-order valence-corrected chi connectivity index (χ0v) is 13.5. The Morgan fingerprint density at radius 3 is 2.50 bits per heavy atom. The summed E-state index contributed by atoms with van der Waals surface area (Å²) in [5, 5.41) is 13.9. The molecular formula is C19H15F3N2O2. The minimum Gasteiger partial charge on any atom is -0.377 e. The summed E-state index contributed by atoms with van der Waals surface area (Å²) < 4.78 is 40.4. The van der Waals surface area contributed by atoms with Crippen molar-refractivity contribution in [3.8, 4) is 0 Å². The first-order chi connectivity index (χ1) is 12.4. The molecule has 26 heavy (non-hydrogen) atoms. The number of nitro benzene ring substituents is 1. The van der Waals surface area contributed by atoms with Crippen molar-refractivity contribution in [2.24, 2.45) is 5.92 Å². The number of non-ortho nitro benzene ring substituents is 1. The standard InChI is InChI=1S/C19H15F3N2O2/c20-19(21,22)16-6-2-5-15-13-3-1-4-14(13)17(23-18(15)16)11-7-9-12(10-8-11)24(25)26/h1-3,5-10,13-14,17,23H,4H2/t13-,14+,17+/m0/s1. The average molecular weight is 360 g/mol. The number of anilines is 1. The van der Waals surface area contributed by atoms with E-state index in [1.165, 1.54) is 18.2 Å². The van der Waals surface area contributed by atoms with E-state index in [0.717, 1.165) is 18.1 Å². The summed E-state index contributed by atoms with van der Waals surface area (Å²) in [5.41, 5.74) is 0.785. The number of halogens is 3. The topological polar surface area (TPSA) is 55.2 Å². The molecule has 0 spiro atoms. The van der Waals surface area contributed by atoms with Crippen LogP contribution in [0.4, 0.5) is 24.5 Å². The van der Waals surface area contributed by atoms with Gasteiger partial charge in [-0.25, -0.2) is 0 Å². The normalized spacial score (nSPS) is 23.9. The van der Waals surface area contributed by atoms with Crippen LogP contribution < -0.4 is 5.32 Å². The molecule has 1 N–H and O–H groups in total. The molecule has 0 aromatic heterocycles. The van der Waals surface area contributed by atoms with Crippen LogP contribution in [0.2, 0.25) is 0 Å².